The van der Waals surface area contributed by atoms with Gasteiger partial charge in [0.15, 0.2) is 0 Å². The first-order valence-electron chi connectivity index (χ1n) is 9.14. The fourth-order valence-corrected chi connectivity index (χ4v) is 3.41. The summed E-state index contributed by atoms with van der Waals surface area (Å²) >= 11 is 0. The topological polar surface area (TPSA) is 73.9 Å². The Morgan fingerprint density at radius 1 is 1.36 bits per heavy atom. The van der Waals surface area contributed by atoms with Crippen LogP contribution in [0.5, 0.6) is 0 Å². The van der Waals surface area contributed by atoms with Crippen LogP contribution in [0.2, 0.25) is 0 Å². The number of piperidine rings is 1. The fourth-order valence-electron chi connectivity index (χ4n) is 3.41. The first-order valence-corrected chi connectivity index (χ1v) is 9.14. The van der Waals surface area contributed by atoms with E-state index in [0.29, 0.717) is 18.9 Å². The van der Waals surface area contributed by atoms with Crippen molar-refractivity contribution < 1.29 is 4.79 Å². The smallest absolute Gasteiger partial charge is 0.220 e. The van der Waals surface area contributed by atoms with Crippen LogP contribution in [-0.4, -0.2) is 33.9 Å². The Balaban J connectivity index is 1.57. The molecule has 3 heterocycles. The Bertz CT molecular complexity index is 703. The maximum Gasteiger partial charge on any atom is 0.220 e. The number of nitrogens with one attached hydrogen (secondary N) is 2. The van der Waals surface area contributed by atoms with E-state index in [1.807, 2.05) is 19.1 Å². The van der Waals surface area contributed by atoms with Gasteiger partial charge in [0, 0.05) is 31.1 Å². The molecule has 0 bridgehead atoms. The average Bonchev–Trinajstić information content (AvgIpc) is 3.07. The largest absolute Gasteiger partial charge is 0.357 e. The highest BCUT2D eigenvalue weighted by Crippen LogP contribution is 2.30. The van der Waals surface area contributed by atoms with Crippen LogP contribution in [0, 0.1) is 6.92 Å². The van der Waals surface area contributed by atoms with E-state index < -0.39 is 0 Å². The second-order valence-electron chi connectivity index (χ2n) is 6.69. The third-order valence-electron chi connectivity index (χ3n) is 4.81. The number of anilines is 1. The van der Waals surface area contributed by atoms with Gasteiger partial charge in [-0.25, -0.2) is 9.97 Å². The van der Waals surface area contributed by atoms with Gasteiger partial charge in [-0.15, -0.1) is 0 Å². The maximum atomic E-state index is 11.6. The number of hydrogen-bond donors (Lipinski definition) is 2. The van der Waals surface area contributed by atoms with E-state index in [1.54, 1.807) is 6.33 Å². The van der Waals surface area contributed by atoms with Gasteiger partial charge >= 0.3 is 0 Å². The summed E-state index contributed by atoms with van der Waals surface area (Å²) in [6.45, 7) is 6.56. The van der Waals surface area contributed by atoms with E-state index in [9.17, 15) is 4.79 Å². The Kier molecular flexibility index (Phi) is 5.68. The summed E-state index contributed by atoms with van der Waals surface area (Å²) in [5, 5.41) is 2.93. The number of aromatic nitrogens is 3. The van der Waals surface area contributed by atoms with Crippen molar-refractivity contribution in [1.82, 2.24) is 20.3 Å². The molecule has 0 saturated carbocycles. The quantitative estimate of drug-likeness (QED) is 0.847. The van der Waals surface area contributed by atoms with Crippen molar-refractivity contribution in [3.63, 3.8) is 0 Å². The van der Waals surface area contributed by atoms with Crippen LogP contribution in [-0.2, 0) is 11.3 Å². The first kappa shape index (κ1) is 17.5. The second-order valence-corrected chi connectivity index (χ2v) is 6.69. The molecule has 0 aromatic carbocycles. The molecule has 3 rings (SSSR count). The number of rotatable bonds is 6. The molecule has 6 nitrogen and oxygen atoms in total. The van der Waals surface area contributed by atoms with E-state index in [-0.39, 0.29) is 5.91 Å². The lowest BCUT2D eigenvalue weighted by Crippen LogP contribution is -2.34. The number of aryl methyl sites for hydroxylation is 1. The minimum atomic E-state index is 0.0879. The number of hydrogen-bond acceptors (Lipinski definition) is 4. The van der Waals surface area contributed by atoms with E-state index >= 15 is 0 Å². The number of nitrogens with zero attached hydrogens (tertiary/aromatic N) is 3. The first-order chi connectivity index (χ1) is 12.2. The predicted molar refractivity (Wildman–Crippen MR) is 98.5 cm³/mol. The van der Waals surface area contributed by atoms with E-state index in [0.717, 1.165) is 43.9 Å². The molecule has 25 heavy (non-hydrogen) atoms. The molecule has 1 aliphatic heterocycles. The molecule has 2 N–H and O–H groups in total. The third-order valence-corrected chi connectivity index (χ3v) is 4.81. The summed E-state index contributed by atoms with van der Waals surface area (Å²) in [4.78, 5) is 26.3. The van der Waals surface area contributed by atoms with Crippen LogP contribution in [0.3, 0.4) is 0 Å². The molecule has 1 amide bonds. The lowest BCUT2D eigenvalue weighted by atomic mass is 9.92. The zero-order valence-corrected chi connectivity index (χ0v) is 15.1. The zero-order chi connectivity index (χ0) is 17.6. The summed E-state index contributed by atoms with van der Waals surface area (Å²) in [6.07, 6.45) is 5.40. The van der Waals surface area contributed by atoms with Gasteiger partial charge in [-0.3, -0.25) is 4.79 Å². The summed E-state index contributed by atoms with van der Waals surface area (Å²) in [6, 6.07) is 6.04. The summed E-state index contributed by atoms with van der Waals surface area (Å²) in [5.41, 5.74) is 3.30. The highest BCUT2D eigenvalue weighted by Gasteiger charge is 2.24. The Labute approximate surface area is 149 Å². The monoisotopic (exact) mass is 341 g/mol. The lowest BCUT2D eigenvalue weighted by Gasteiger charge is -2.32. The Hall–Kier alpha value is -2.37. The number of imidazole rings is 1. The summed E-state index contributed by atoms with van der Waals surface area (Å²) < 4.78 is 0. The van der Waals surface area contributed by atoms with Crippen LogP contribution in [0.25, 0.3) is 0 Å². The van der Waals surface area contributed by atoms with Crippen LogP contribution >= 0.6 is 0 Å². The number of carbonyl (C=O) groups excluding carboxylic acids is 1. The molecule has 1 fully saturated rings. The van der Waals surface area contributed by atoms with Gasteiger partial charge in [-0.05, 0) is 38.3 Å². The van der Waals surface area contributed by atoms with E-state index in [4.69, 9.17) is 4.98 Å². The zero-order valence-electron chi connectivity index (χ0n) is 15.1. The molecule has 2 aromatic rings. The normalized spacial score (nSPS) is 15.4. The molecule has 1 aliphatic rings. The maximum absolute atomic E-state index is 11.6. The van der Waals surface area contributed by atoms with Crippen molar-refractivity contribution in [2.45, 2.75) is 52.0 Å². The molecule has 0 unspecified atom stereocenters. The van der Waals surface area contributed by atoms with Crippen molar-refractivity contribution >= 4 is 11.7 Å². The van der Waals surface area contributed by atoms with E-state index in [1.165, 1.54) is 11.4 Å². The van der Waals surface area contributed by atoms with Gasteiger partial charge in [0.2, 0.25) is 5.91 Å². The number of pyridine rings is 1. The van der Waals surface area contributed by atoms with Gasteiger partial charge in [0.1, 0.15) is 5.82 Å². The lowest BCUT2D eigenvalue weighted by molar-refractivity contribution is -0.121. The van der Waals surface area contributed by atoms with Gasteiger partial charge in [0.25, 0.3) is 0 Å². The third kappa shape index (κ3) is 4.38. The molecular weight excluding hydrogens is 314 g/mol. The number of carbonyl (C=O) groups is 1. The molecule has 0 radical (unpaired) electrons. The van der Waals surface area contributed by atoms with Crippen LogP contribution in [0.1, 0.15) is 55.6 Å². The SMILES string of the molecule is CCCC(=O)NCc1cccc(N2CCC(c3nc[nH]c3C)CC2)n1. The summed E-state index contributed by atoms with van der Waals surface area (Å²) in [7, 11) is 0. The highest BCUT2D eigenvalue weighted by molar-refractivity contribution is 5.75. The van der Waals surface area contributed by atoms with Crippen molar-refractivity contribution in [2.24, 2.45) is 0 Å². The van der Waals surface area contributed by atoms with Crippen molar-refractivity contribution in [3.05, 3.63) is 41.6 Å². The Morgan fingerprint density at radius 2 is 2.16 bits per heavy atom. The predicted octanol–water partition coefficient (Wildman–Crippen LogP) is 2.91. The Morgan fingerprint density at radius 3 is 2.84 bits per heavy atom. The van der Waals surface area contributed by atoms with Crippen molar-refractivity contribution in [2.75, 3.05) is 18.0 Å². The number of H-pyrrole nitrogens is 1. The van der Waals surface area contributed by atoms with Crippen LogP contribution < -0.4 is 10.2 Å². The van der Waals surface area contributed by atoms with E-state index in [2.05, 4.69) is 33.2 Å². The summed E-state index contributed by atoms with van der Waals surface area (Å²) in [5.74, 6) is 1.61. The van der Waals surface area contributed by atoms with Crippen LogP contribution in [0.4, 0.5) is 5.82 Å². The molecule has 0 aliphatic carbocycles. The molecule has 1 saturated heterocycles. The van der Waals surface area contributed by atoms with Crippen LogP contribution in [0.15, 0.2) is 24.5 Å². The van der Waals surface area contributed by atoms with Gasteiger partial charge in [-0.2, -0.15) is 0 Å². The standard InChI is InChI=1S/C19H27N5O/c1-3-5-18(25)20-12-16-6-4-7-17(23-16)24-10-8-15(9-11-24)19-14(2)21-13-22-19/h4,6-7,13,15H,3,5,8-12H2,1-2H3,(H,20,25)(H,21,22). The second kappa shape index (κ2) is 8.14. The number of aromatic amines is 1. The highest BCUT2D eigenvalue weighted by atomic mass is 16.1. The number of amides is 1. The molecule has 0 spiro atoms. The molecule has 134 valence electrons. The van der Waals surface area contributed by atoms with Crippen molar-refractivity contribution in [1.29, 1.82) is 0 Å². The minimum Gasteiger partial charge on any atom is -0.357 e. The molecule has 0 atom stereocenters. The van der Waals surface area contributed by atoms with Gasteiger partial charge in [0.05, 0.1) is 24.3 Å². The fraction of sp³-hybridized carbons (Fsp3) is 0.526. The van der Waals surface area contributed by atoms with Gasteiger partial charge in [-0.1, -0.05) is 13.0 Å². The average molecular weight is 341 g/mol. The molecule has 6 heteroatoms. The minimum absolute atomic E-state index is 0.0879. The van der Waals surface area contributed by atoms with Gasteiger partial charge < -0.3 is 15.2 Å². The molecule has 2 aromatic heterocycles. The molecular formula is C19H27N5O. The van der Waals surface area contributed by atoms with Crippen molar-refractivity contribution in [3.8, 4) is 0 Å².